The van der Waals surface area contributed by atoms with Crippen LogP contribution in [0.25, 0.3) is 0 Å². The van der Waals surface area contributed by atoms with Crippen molar-refractivity contribution in [3.8, 4) is 0 Å². The summed E-state index contributed by atoms with van der Waals surface area (Å²) >= 11 is 1.47. The van der Waals surface area contributed by atoms with Crippen molar-refractivity contribution >= 4 is 23.6 Å². The van der Waals surface area contributed by atoms with Gasteiger partial charge in [0.1, 0.15) is 5.82 Å². The third-order valence-electron chi connectivity index (χ3n) is 2.83. The minimum Gasteiger partial charge on any atom is -0.481 e. The van der Waals surface area contributed by atoms with Crippen LogP contribution < -0.4 is 5.32 Å². The summed E-state index contributed by atoms with van der Waals surface area (Å²) in [5.41, 5.74) is 0. The number of carbonyl (C=O) groups excluding carboxylic acids is 1. The molecule has 1 amide bonds. The van der Waals surface area contributed by atoms with E-state index < -0.39 is 5.97 Å². The molecule has 0 spiro atoms. The lowest BCUT2D eigenvalue weighted by molar-refractivity contribution is -0.137. The molecule has 0 bridgehead atoms. The van der Waals surface area contributed by atoms with Gasteiger partial charge in [-0.2, -0.15) is 0 Å². The van der Waals surface area contributed by atoms with E-state index >= 15 is 0 Å². The molecule has 21 heavy (non-hydrogen) atoms. The summed E-state index contributed by atoms with van der Waals surface area (Å²) in [6, 6.07) is 5.79. The van der Waals surface area contributed by atoms with Gasteiger partial charge in [0.25, 0.3) is 0 Å². The van der Waals surface area contributed by atoms with Crippen molar-refractivity contribution in [2.45, 2.75) is 43.5 Å². The largest absolute Gasteiger partial charge is 0.481 e. The molecular formula is C15H20FNO3S. The summed E-state index contributed by atoms with van der Waals surface area (Å²) in [7, 11) is 0. The van der Waals surface area contributed by atoms with Gasteiger partial charge < -0.3 is 10.4 Å². The number of nitrogens with one attached hydrogen (secondary N) is 1. The molecule has 1 rings (SSSR count). The monoisotopic (exact) mass is 313 g/mol. The van der Waals surface area contributed by atoms with Gasteiger partial charge in [-0.25, -0.2) is 4.39 Å². The van der Waals surface area contributed by atoms with Crippen molar-refractivity contribution in [2.24, 2.45) is 0 Å². The number of carbonyl (C=O) groups is 2. The van der Waals surface area contributed by atoms with Crippen LogP contribution in [-0.2, 0) is 9.59 Å². The molecule has 0 radical (unpaired) electrons. The van der Waals surface area contributed by atoms with Crippen LogP contribution in [0.5, 0.6) is 0 Å². The first-order chi connectivity index (χ1) is 10.0. The van der Waals surface area contributed by atoms with E-state index in [1.807, 2.05) is 6.92 Å². The second-order valence-corrected chi connectivity index (χ2v) is 5.87. The number of hydrogen-bond acceptors (Lipinski definition) is 3. The van der Waals surface area contributed by atoms with Crippen LogP contribution >= 0.6 is 11.8 Å². The van der Waals surface area contributed by atoms with Crippen molar-refractivity contribution in [1.29, 1.82) is 0 Å². The maximum Gasteiger partial charge on any atom is 0.305 e. The SMILES string of the molecule is CCCC(CC(=O)O)NC(=O)CCSc1ccc(F)cc1. The second-order valence-electron chi connectivity index (χ2n) is 4.70. The zero-order valence-corrected chi connectivity index (χ0v) is 12.8. The zero-order valence-electron chi connectivity index (χ0n) is 12.0. The predicted octanol–water partition coefficient (Wildman–Crippen LogP) is 3.07. The molecule has 0 heterocycles. The van der Waals surface area contributed by atoms with Crippen LogP contribution in [0.1, 0.15) is 32.6 Å². The zero-order chi connectivity index (χ0) is 15.7. The number of hydrogen-bond donors (Lipinski definition) is 2. The van der Waals surface area contributed by atoms with Crippen LogP contribution in [0.4, 0.5) is 4.39 Å². The topological polar surface area (TPSA) is 66.4 Å². The second kappa shape index (κ2) is 9.39. The number of aliphatic carboxylic acids is 1. The van der Waals surface area contributed by atoms with Gasteiger partial charge >= 0.3 is 5.97 Å². The van der Waals surface area contributed by atoms with Crippen LogP contribution in [0.15, 0.2) is 29.2 Å². The number of carboxylic acid groups (broad SMARTS) is 1. The Morgan fingerprint density at radius 2 is 2.00 bits per heavy atom. The van der Waals surface area contributed by atoms with E-state index in [2.05, 4.69) is 5.32 Å². The molecule has 0 saturated carbocycles. The van der Waals surface area contributed by atoms with Gasteiger partial charge in [-0.15, -0.1) is 11.8 Å². The number of rotatable bonds is 9. The summed E-state index contributed by atoms with van der Waals surface area (Å²) in [6.45, 7) is 1.95. The highest BCUT2D eigenvalue weighted by Gasteiger charge is 2.14. The van der Waals surface area contributed by atoms with Gasteiger partial charge in [0, 0.05) is 23.1 Å². The highest BCUT2D eigenvalue weighted by atomic mass is 32.2. The van der Waals surface area contributed by atoms with Crippen LogP contribution in [0, 0.1) is 5.82 Å². The Labute approximate surface area is 128 Å². The summed E-state index contributed by atoms with van der Waals surface area (Å²) < 4.78 is 12.7. The molecule has 0 aliphatic rings. The first kappa shape index (κ1) is 17.5. The first-order valence-electron chi connectivity index (χ1n) is 6.90. The minimum absolute atomic E-state index is 0.0509. The average Bonchev–Trinajstić information content (AvgIpc) is 2.40. The quantitative estimate of drug-likeness (QED) is 0.688. The third kappa shape index (κ3) is 7.70. The maximum atomic E-state index is 12.7. The van der Waals surface area contributed by atoms with Crippen molar-refractivity contribution in [3.63, 3.8) is 0 Å². The molecule has 2 N–H and O–H groups in total. The average molecular weight is 313 g/mol. The van der Waals surface area contributed by atoms with Crippen LogP contribution in [0.2, 0.25) is 0 Å². The van der Waals surface area contributed by atoms with E-state index in [1.165, 1.54) is 23.9 Å². The van der Waals surface area contributed by atoms with E-state index in [4.69, 9.17) is 5.11 Å². The van der Waals surface area contributed by atoms with Gasteiger partial charge in [0.2, 0.25) is 5.91 Å². The fourth-order valence-electron chi connectivity index (χ4n) is 1.88. The number of halogens is 1. The Bertz CT molecular complexity index is 464. The molecular weight excluding hydrogens is 293 g/mol. The number of amides is 1. The fraction of sp³-hybridized carbons (Fsp3) is 0.467. The van der Waals surface area contributed by atoms with Crippen LogP contribution in [0.3, 0.4) is 0 Å². The molecule has 0 aromatic heterocycles. The van der Waals surface area contributed by atoms with Gasteiger partial charge in [-0.1, -0.05) is 13.3 Å². The Kier molecular flexibility index (Phi) is 7.82. The van der Waals surface area contributed by atoms with Crippen molar-refractivity contribution in [1.82, 2.24) is 5.32 Å². The predicted molar refractivity (Wildman–Crippen MR) is 80.8 cm³/mol. The molecule has 6 heteroatoms. The van der Waals surface area contributed by atoms with Gasteiger partial charge in [0.05, 0.1) is 6.42 Å². The van der Waals surface area contributed by atoms with Crippen LogP contribution in [-0.4, -0.2) is 28.8 Å². The lowest BCUT2D eigenvalue weighted by atomic mass is 10.1. The molecule has 0 aliphatic carbocycles. The molecule has 0 fully saturated rings. The molecule has 1 atom stereocenters. The molecule has 0 saturated heterocycles. The maximum absolute atomic E-state index is 12.7. The van der Waals surface area contributed by atoms with E-state index in [0.717, 1.165) is 11.3 Å². The molecule has 1 unspecified atom stereocenters. The Balaban J connectivity index is 2.31. The van der Waals surface area contributed by atoms with Gasteiger partial charge in [-0.05, 0) is 30.7 Å². The van der Waals surface area contributed by atoms with Crippen molar-refractivity contribution < 1.29 is 19.1 Å². The minimum atomic E-state index is -0.908. The fourth-order valence-corrected chi connectivity index (χ4v) is 2.73. The lowest BCUT2D eigenvalue weighted by Gasteiger charge is -2.15. The molecule has 116 valence electrons. The van der Waals surface area contributed by atoms with E-state index in [9.17, 15) is 14.0 Å². The molecule has 1 aromatic carbocycles. The molecule has 1 aromatic rings. The number of carboxylic acids is 1. The highest BCUT2D eigenvalue weighted by molar-refractivity contribution is 7.99. The standard InChI is InChI=1S/C15H20FNO3S/c1-2-3-12(10-15(19)20)17-14(18)8-9-21-13-6-4-11(16)5-7-13/h4-7,12H,2-3,8-10H2,1H3,(H,17,18)(H,19,20). The highest BCUT2D eigenvalue weighted by Crippen LogP contribution is 2.18. The van der Waals surface area contributed by atoms with Gasteiger partial charge in [0.15, 0.2) is 0 Å². The summed E-state index contributed by atoms with van der Waals surface area (Å²) in [5.74, 6) is -0.768. The Morgan fingerprint density at radius 1 is 1.33 bits per heavy atom. The smallest absolute Gasteiger partial charge is 0.305 e. The van der Waals surface area contributed by atoms with E-state index in [1.54, 1.807) is 12.1 Å². The van der Waals surface area contributed by atoms with E-state index in [0.29, 0.717) is 18.6 Å². The molecule has 4 nitrogen and oxygen atoms in total. The number of benzene rings is 1. The van der Waals surface area contributed by atoms with E-state index in [-0.39, 0.29) is 24.2 Å². The summed E-state index contributed by atoms with van der Waals surface area (Å²) in [6.07, 6.45) is 1.73. The Morgan fingerprint density at radius 3 is 2.57 bits per heavy atom. The van der Waals surface area contributed by atoms with Gasteiger partial charge in [-0.3, -0.25) is 9.59 Å². The number of thioether (sulfide) groups is 1. The van der Waals surface area contributed by atoms with Crippen molar-refractivity contribution in [3.05, 3.63) is 30.1 Å². The Hall–Kier alpha value is -1.56. The molecule has 0 aliphatic heterocycles. The van der Waals surface area contributed by atoms with Crippen molar-refractivity contribution in [2.75, 3.05) is 5.75 Å². The first-order valence-corrected chi connectivity index (χ1v) is 7.89. The lowest BCUT2D eigenvalue weighted by Crippen LogP contribution is -2.36. The normalized spacial score (nSPS) is 11.9. The summed E-state index contributed by atoms with van der Waals surface area (Å²) in [5, 5.41) is 11.5. The third-order valence-corrected chi connectivity index (χ3v) is 3.85. The summed E-state index contributed by atoms with van der Waals surface area (Å²) in [4.78, 5) is 23.4.